The molecule has 3 atom stereocenters. The van der Waals surface area contributed by atoms with Crippen molar-refractivity contribution in [2.45, 2.75) is 46.0 Å². The SMILES string of the molecule is CC(CC(=O)O)CC(=O)NC(=O)NCC1CCCC1C. The molecule has 1 saturated carbocycles. The Hall–Kier alpha value is -1.59. The summed E-state index contributed by atoms with van der Waals surface area (Å²) in [6.07, 6.45) is 3.47. The number of rotatable bonds is 6. The Morgan fingerprint density at radius 2 is 1.95 bits per heavy atom. The molecule has 0 aromatic carbocycles. The predicted molar refractivity (Wildman–Crippen MR) is 74.1 cm³/mol. The molecule has 0 radical (unpaired) electrons. The second-order valence-electron chi connectivity index (χ2n) is 5.83. The van der Waals surface area contributed by atoms with Gasteiger partial charge < -0.3 is 10.4 Å². The molecule has 0 aliphatic heterocycles. The number of urea groups is 1. The van der Waals surface area contributed by atoms with Crippen molar-refractivity contribution in [3.8, 4) is 0 Å². The molecule has 0 saturated heterocycles. The standard InChI is InChI=1S/C14H24N2O4/c1-9(7-13(18)19)6-12(17)16-14(20)15-8-11-5-3-4-10(11)2/h9-11H,3-8H2,1-2H3,(H,18,19)(H2,15,16,17,20). The third-order valence-electron chi connectivity index (χ3n) is 3.87. The minimum absolute atomic E-state index is 0.0412. The maximum absolute atomic E-state index is 11.6. The van der Waals surface area contributed by atoms with Gasteiger partial charge in [-0.05, 0) is 24.2 Å². The van der Waals surface area contributed by atoms with E-state index in [-0.39, 0.29) is 18.8 Å². The Labute approximate surface area is 119 Å². The fourth-order valence-corrected chi connectivity index (χ4v) is 2.66. The van der Waals surface area contributed by atoms with Crippen molar-refractivity contribution < 1.29 is 19.5 Å². The first-order valence-electron chi connectivity index (χ1n) is 7.18. The minimum atomic E-state index is -0.940. The number of hydrogen-bond acceptors (Lipinski definition) is 3. The molecule has 0 aromatic rings. The number of carbonyl (C=O) groups excluding carboxylic acids is 2. The summed E-state index contributed by atoms with van der Waals surface area (Å²) in [5.74, 6) is -0.556. The van der Waals surface area contributed by atoms with Gasteiger partial charge in [-0.1, -0.05) is 26.7 Å². The predicted octanol–water partition coefficient (Wildman–Crippen LogP) is 1.75. The molecule has 1 aliphatic carbocycles. The number of amides is 3. The van der Waals surface area contributed by atoms with Gasteiger partial charge in [0.2, 0.25) is 5.91 Å². The molecular weight excluding hydrogens is 260 g/mol. The van der Waals surface area contributed by atoms with Crippen LogP contribution in [0.4, 0.5) is 4.79 Å². The van der Waals surface area contributed by atoms with Crippen molar-refractivity contribution in [3.63, 3.8) is 0 Å². The van der Waals surface area contributed by atoms with E-state index >= 15 is 0 Å². The molecule has 6 nitrogen and oxygen atoms in total. The monoisotopic (exact) mass is 284 g/mol. The molecule has 20 heavy (non-hydrogen) atoms. The van der Waals surface area contributed by atoms with Crippen molar-refractivity contribution in [1.29, 1.82) is 0 Å². The molecular formula is C14H24N2O4. The second-order valence-corrected chi connectivity index (χ2v) is 5.83. The Kier molecular flexibility index (Phi) is 6.48. The van der Waals surface area contributed by atoms with Gasteiger partial charge in [0, 0.05) is 19.4 Å². The zero-order chi connectivity index (χ0) is 15.1. The zero-order valence-electron chi connectivity index (χ0n) is 12.1. The zero-order valence-corrected chi connectivity index (χ0v) is 12.1. The molecule has 0 bridgehead atoms. The smallest absolute Gasteiger partial charge is 0.321 e. The molecule has 0 heterocycles. The van der Waals surface area contributed by atoms with E-state index in [9.17, 15) is 14.4 Å². The summed E-state index contributed by atoms with van der Waals surface area (Å²) in [5, 5.41) is 13.6. The Morgan fingerprint density at radius 1 is 1.25 bits per heavy atom. The highest BCUT2D eigenvalue weighted by Gasteiger charge is 2.23. The van der Waals surface area contributed by atoms with E-state index in [1.165, 1.54) is 12.8 Å². The summed E-state index contributed by atoms with van der Waals surface area (Å²) in [5.41, 5.74) is 0. The third-order valence-corrected chi connectivity index (χ3v) is 3.87. The summed E-state index contributed by atoms with van der Waals surface area (Å²) in [6, 6.07) is -0.489. The molecule has 0 aromatic heterocycles. The molecule has 1 rings (SSSR count). The topological polar surface area (TPSA) is 95.5 Å². The Bertz CT molecular complexity index is 370. The second kappa shape index (κ2) is 7.87. The van der Waals surface area contributed by atoms with Gasteiger partial charge in [-0.25, -0.2) is 4.79 Å². The van der Waals surface area contributed by atoms with Crippen LogP contribution in [0.15, 0.2) is 0 Å². The van der Waals surface area contributed by atoms with E-state index in [1.54, 1.807) is 6.92 Å². The van der Waals surface area contributed by atoms with Crippen LogP contribution in [0.3, 0.4) is 0 Å². The van der Waals surface area contributed by atoms with E-state index in [0.717, 1.165) is 6.42 Å². The van der Waals surface area contributed by atoms with E-state index in [4.69, 9.17) is 5.11 Å². The van der Waals surface area contributed by atoms with E-state index in [2.05, 4.69) is 17.6 Å². The van der Waals surface area contributed by atoms with Gasteiger partial charge in [-0.3, -0.25) is 14.9 Å². The van der Waals surface area contributed by atoms with Crippen LogP contribution in [0.5, 0.6) is 0 Å². The van der Waals surface area contributed by atoms with Crippen LogP contribution in [-0.4, -0.2) is 29.6 Å². The molecule has 3 amide bonds. The van der Waals surface area contributed by atoms with Crippen LogP contribution < -0.4 is 10.6 Å². The summed E-state index contributed by atoms with van der Waals surface area (Å²) in [6.45, 7) is 4.44. The van der Waals surface area contributed by atoms with Gasteiger partial charge in [0.15, 0.2) is 0 Å². The molecule has 3 N–H and O–H groups in total. The lowest BCUT2D eigenvalue weighted by Crippen LogP contribution is -2.42. The maximum atomic E-state index is 11.6. The van der Waals surface area contributed by atoms with Crippen LogP contribution >= 0.6 is 0 Å². The lowest BCUT2D eigenvalue weighted by Gasteiger charge is -2.16. The summed E-state index contributed by atoms with van der Waals surface area (Å²) in [7, 11) is 0. The van der Waals surface area contributed by atoms with Gasteiger partial charge in [0.05, 0.1) is 0 Å². The minimum Gasteiger partial charge on any atom is -0.481 e. The van der Waals surface area contributed by atoms with Gasteiger partial charge >= 0.3 is 12.0 Å². The van der Waals surface area contributed by atoms with Crippen LogP contribution in [-0.2, 0) is 9.59 Å². The number of carbonyl (C=O) groups is 3. The molecule has 6 heteroatoms. The lowest BCUT2D eigenvalue weighted by atomic mass is 9.98. The maximum Gasteiger partial charge on any atom is 0.321 e. The van der Waals surface area contributed by atoms with E-state index in [0.29, 0.717) is 18.4 Å². The van der Waals surface area contributed by atoms with Crippen LogP contribution in [0.2, 0.25) is 0 Å². The quantitative estimate of drug-likeness (QED) is 0.692. The first kappa shape index (κ1) is 16.5. The summed E-state index contributed by atoms with van der Waals surface area (Å²) in [4.78, 5) is 33.6. The number of hydrogen-bond donors (Lipinski definition) is 3. The van der Waals surface area contributed by atoms with Crippen molar-refractivity contribution in [1.82, 2.24) is 10.6 Å². The molecule has 0 spiro atoms. The van der Waals surface area contributed by atoms with E-state index in [1.807, 2.05) is 0 Å². The van der Waals surface area contributed by atoms with Gasteiger partial charge in [-0.15, -0.1) is 0 Å². The van der Waals surface area contributed by atoms with Crippen molar-refractivity contribution in [3.05, 3.63) is 0 Å². The van der Waals surface area contributed by atoms with Crippen molar-refractivity contribution in [2.24, 2.45) is 17.8 Å². The van der Waals surface area contributed by atoms with Gasteiger partial charge in [-0.2, -0.15) is 0 Å². The molecule has 3 unspecified atom stereocenters. The number of carboxylic acid groups (broad SMARTS) is 1. The van der Waals surface area contributed by atoms with Gasteiger partial charge in [0.25, 0.3) is 0 Å². The Balaban J connectivity index is 2.20. The normalized spacial score (nSPS) is 23.1. The van der Waals surface area contributed by atoms with E-state index < -0.39 is 17.9 Å². The number of nitrogens with one attached hydrogen (secondary N) is 2. The molecule has 114 valence electrons. The fraction of sp³-hybridized carbons (Fsp3) is 0.786. The number of imide groups is 1. The van der Waals surface area contributed by atoms with Crippen LogP contribution in [0.1, 0.15) is 46.0 Å². The number of carboxylic acids is 1. The number of aliphatic carboxylic acids is 1. The highest BCUT2D eigenvalue weighted by Crippen LogP contribution is 2.30. The highest BCUT2D eigenvalue weighted by atomic mass is 16.4. The van der Waals surface area contributed by atoms with Crippen LogP contribution in [0.25, 0.3) is 0 Å². The molecule has 1 fully saturated rings. The average Bonchev–Trinajstić information content (AvgIpc) is 2.70. The lowest BCUT2D eigenvalue weighted by molar-refractivity contribution is -0.138. The first-order chi connectivity index (χ1) is 9.38. The van der Waals surface area contributed by atoms with Gasteiger partial charge in [0.1, 0.15) is 0 Å². The average molecular weight is 284 g/mol. The van der Waals surface area contributed by atoms with Crippen molar-refractivity contribution in [2.75, 3.05) is 6.54 Å². The Morgan fingerprint density at radius 3 is 2.50 bits per heavy atom. The van der Waals surface area contributed by atoms with Crippen LogP contribution in [0, 0.1) is 17.8 Å². The fourth-order valence-electron chi connectivity index (χ4n) is 2.66. The highest BCUT2D eigenvalue weighted by molar-refractivity contribution is 5.94. The first-order valence-corrected chi connectivity index (χ1v) is 7.18. The van der Waals surface area contributed by atoms with Crippen molar-refractivity contribution >= 4 is 17.9 Å². The molecule has 1 aliphatic rings. The third kappa shape index (κ3) is 6.04. The summed E-state index contributed by atoms with van der Waals surface area (Å²) >= 11 is 0. The summed E-state index contributed by atoms with van der Waals surface area (Å²) < 4.78 is 0. The largest absolute Gasteiger partial charge is 0.481 e.